The number of carbonyl (C=O) groups is 3. The number of esters is 1. The second-order valence-electron chi connectivity index (χ2n) is 2.97. The van der Waals surface area contributed by atoms with E-state index < -0.39 is 21.7 Å². The number of carboxylic acids is 1. The van der Waals surface area contributed by atoms with E-state index in [4.69, 9.17) is 9.84 Å². The second kappa shape index (κ2) is 5.15. The minimum absolute atomic E-state index is 0.0547. The van der Waals surface area contributed by atoms with Crippen LogP contribution in [0.4, 0.5) is 0 Å². The average Bonchev–Trinajstić information content (AvgIpc) is 2.49. The Hall–Kier alpha value is -0.832. The number of carboxylic acid groups (broad SMARTS) is 1. The van der Waals surface area contributed by atoms with Crippen LogP contribution in [0.25, 0.3) is 0 Å². The molecule has 1 heterocycles. The summed E-state index contributed by atoms with van der Waals surface area (Å²) >= 11 is -1.03. The summed E-state index contributed by atoms with van der Waals surface area (Å²) in [5.74, 6) is -1.26. The Labute approximate surface area is 87.5 Å². The third-order valence-corrected chi connectivity index (χ3v) is 4.87. The normalized spacial score (nSPS) is 21.4. The van der Waals surface area contributed by atoms with Crippen LogP contribution in [0, 0.1) is 0 Å². The molecule has 14 heavy (non-hydrogen) atoms. The molecule has 6 heteroatoms. The first-order valence-corrected chi connectivity index (χ1v) is 6.53. The summed E-state index contributed by atoms with van der Waals surface area (Å²) < 4.78 is 4.43. The van der Waals surface area contributed by atoms with Gasteiger partial charge in [0, 0.05) is 0 Å². The molecule has 0 aromatic carbocycles. The fourth-order valence-electron chi connectivity index (χ4n) is 1.11. The molecule has 1 saturated heterocycles. The van der Waals surface area contributed by atoms with Gasteiger partial charge in [-0.05, 0) is 0 Å². The average molecular weight is 262 g/mol. The van der Waals surface area contributed by atoms with Gasteiger partial charge in [0.1, 0.15) is 0 Å². The molecule has 0 bridgehead atoms. The molecule has 0 amide bonds. The van der Waals surface area contributed by atoms with E-state index in [1.807, 2.05) is 0 Å². The molecule has 0 radical (unpaired) electrons. The zero-order chi connectivity index (χ0) is 10.6. The van der Waals surface area contributed by atoms with E-state index >= 15 is 0 Å². The summed E-state index contributed by atoms with van der Waals surface area (Å²) in [7, 11) is 0. The van der Waals surface area contributed by atoms with E-state index in [2.05, 4.69) is 0 Å². The molecule has 0 spiro atoms. The Morgan fingerprint density at radius 1 is 1.50 bits per heavy atom. The number of aliphatic carboxylic acids is 1. The van der Waals surface area contributed by atoms with Crippen LogP contribution in [0.3, 0.4) is 0 Å². The molecule has 78 valence electrons. The fraction of sp³-hybridized carbons (Fsp3) is 0.625. The Kier molecular flexibility index (Phi) is 4.14. The van der Waals surface area contributed by atoms with E-state index in [-0.39, 0.29) is 28.1 Å². The topological polar surface area (TPSA) is 80.7 Å². The van der Waals surface area contributed by atoms with E-state index in [9.17, 15) is 14.4 Å². The van der Waals surface area contributed by atoms with Crippen molar-refractivity contribution in [1.29, 1.82) is 0 Å². The van der Waals surface area contributed by atoms with Gasteiger partial charge < -0.3 is 0 Å². The number of rotatable bonds is 5. The number of cyclic esters (lactones) is 1. The molecule has 1 aliphatic heterocycles. The maximum atomic E-state index is 11.2. The molecule has 1 fully saturated rings. The zero-order valence-corrected chi connectivity index (χ0v) is 9.58. The van der Waals surface area contributed by atoms with Crippen LogP contribution in [0.15, 0.2) is 0 Å². The molecular weight excluding hydrogens is 251 g/mol. The fourth-order valence-corrected chi connectivity index (χ4v) is 3.47. The summed E-state index contributed by atoms with van der Waals surface area (Å²) in [4.78, 5) is 32.4. The standard InChI is InChI=1S/C8H11AsO5/c10-6(1-2-7(11)12)9-5-3-4-14-8(5)13/h5,9H,1-4H2,(H,11,12). The van der Waals surface area contributed by atoms with Gasteiger partial charge in [0.2, 0.25) is 0 Å². The van der Waals surface area contributed by atoms with Crippen LogP contribution in [0.5, 0.6) is 0 Å². The molecule has 0 aromatic heterocycles. The quantitative estimate of drug-likeness (QED) is 0.536. The van der Waals surface area contributed by atoms with E-state index in [1.165, 1.54) is 0 Å². The van der Waals surface area contributed by atoms with Gasteiger partial charge in [0.15, 0.2) is 0 Å². The van der Waals surface area contributed by atoms with Crippen molar-refractivity contribution in [2.24, 2.45) is 0 Å². The summed E-state index contributed by atoms with van der Waals surface area (Å²) in [6.45, 7) is 0.402. The van der Waals surface area contributed by atoms with E-state index in [0.717, 1.165) is 0 Å². The molecule has 1 N–H and O–H groups in total. The molecule has 5 nitrogen and oxygen atoms in total. The molecular formula is C8H11AsO5. The van der Waals surface area contributed by atoms with Crippen molar-refractivity contribution in [3.8, 4) is 0 Å². The summed E-state index contributed by atoms with van der Waals surface area (Å²) in [6.07, 6.45) is 0.543. The molecule has 2 atom stereocenters. The minimum atomic E-state index is -1.03. The monoisotopic (exact) mass is 262 g/mol. The van der Waals surface area contributed by atoms with Gasteiger partial charge in [-0.2, -0.15) is 0 Å². The van der Waals surface area contributed by atoms with Crippen LogP contribution >= 0.6 is 0 Å². The third kappa shape index (κ3) is 3.50. The molecule has 2 unspecified atom stereocenters. The van der Waals surface area contributed by atoms with Crippen molar-refractivity contribution in [1.82, 2.24) is 0 Å². The van der Waals surface area contributed by atoms with Crippen LogP contribution in [-0.2, 0) is 19.1 Å². The maximum absolute atomic E-state index is 11.2. The predicted molar refractivity (Wildman–Crippen MR) is 48.4 cm³/mol. The molecule has 1 rings (SSSR count). The van der Waals surface area contributed by atoms with Crippen LogP contribution < -0.4 is 0 Å². The zero-order valence-electron chi connectivity index (χ0n) is 7.49. The predicted octanol–water partition coefficient (Wildman–Crippen LogP) is -0.450. The summed E-state index contributed by atoms with van der Waals surface area (Å²) in [6, 6.07) is 0. The van der Waals surface area contributed by atoms with Crippen molar-refractivity contribution < 1.29 is 24.2 Å². The van der Waals surface area contributed by atoms with Crippen LogP contribution in [0.2, 0.25) is 4.71 Å². The Bertz CT molecular complexity index is 262. The Balaban J connectivity index is 2.26. The van der Waals surface area contributed by atoms with Crippen molar-refractivity contribution in [2.45, 2.75) is 24.0 Å². The van der Waals surface area contributed by atoms with Crippen LogP contribution in [-0.4, -0.2) is 44.0 Å². The number of ether oxygens (including phenoxy) is 1. The summed E-state index contributed by atoms with van der Waals surface area (Å²) in [5.41, 5.74) is 0. The van der Waals surface area contributed by atoms with Gasteiger partial charge in [-0.15, -0.1) is 0 Å². The van der Waals surface area contributed by atoms with Gasteiger partial charge >= 0.3 is 87.1 Å². The Morgan fingerprint density at radius 2 is 2.21 bits per heavy atom. The van der Waals surface area contributed by atoms with Gasteiger partial charge in [-0.1, -0.05) is 0 Å². The van der Waals surface area contributed by atoms with Crippen LogP contribution in [0.1, 0.15) is 19.3 Å². The molecule has 0 saturated carbocycles. The first-order chi connectivity index (χ1) is 6.59. The van der Waals surface area contributed by atoms with Gasteiger partial charge in [-0.25, -0.2) is 0 Å². The first-order valence-electron chi connectivity index (χ1n) is 4.27. The van der Waals surface area contributed by atoms with Gasteiger partial charge in [-0.3, -0.25) is 0 Å². The number of carbonyl (C=O) groups excluding carboxylic acids is 2. The van der Waals surface area contributed by atoms with Gasteiger partial charge in [0.05, 0.1) is 0 Å². The van der Waals surface area contributed by atoms with Gasteiger partial charge in [0.25, 0.3) is 0 Å². The van der Waals surface area contributed by atoms with Crippen molar-refractivity contribution in [3.63, 3.8) is 0 Å². The molecule has 0 aliphatic carbocycles. The Morgan fingerprint density at radius 3 is 2.71 bits per heavy atom. The van der Waals surface area contributed by atoms with Crippen molar-refractivity contribution >= 4 is 32.3 Å². The molecule has 0 aromatic rings. The number of hydrogen-bond donors (Lipinski definition) is 1. The van der Waals surface area contributed by atoms with Crippen molar-refractivity contribution in [3.05, 3.63) is 0 Å². The SMILES string of the molecule is O=C(O)CCC(=O)[AsH]C1CCOC1=O. The second-order valence-corrected chi connectivity index (χ2v) is 6.21. The number of hydrogen-bond acceptors (Lipinski definition) is 4. The van der Waals surface area contributed by atoms with Crippen molar-refractivity contribution in [2.75, 3.05) is 6.61 Å². The molecule has 1 aliphatic rings. The third-order valence-electron chi connectivity index (χ3n) is 1.84. The van der Waals surface area contributed by atoms with E-state index in [0.29, 0.717) is 13.0 Å². The summed E-state index contributed by atoms with van der Waals surface area (Å²) in [5, 5.41) is 8.35. The first kappa shape index (κ1) is 11.2. The van der Waals surface area contributed by atoms with E-state index in [1.54, 1.807) is 0 Å².